The summed E-state index contributed by atoms with van der Waals surface area (Å²) in [7, 11) is 0. The largest absolute Gasteiger partial charge is 0.348 e. The molecule has 5 nitrogen and oxygen atoms in total. The van der Waals surface area contributed by atoms with E-state index in [0.717, 1.165) is 31.1 Å². The Kier molecular flexibility index (Phi) is 6.99. The molecule has 1 heterocycles. The minimum absolute atomic E-state index is 0.0907. The maximum absolute atomic E-state index is 14.0. The zero-order chi connectivity index (χ0) is 20.8. The van der Waals surface area contributed by atoms with Gasteiger partial charge in [0, 0.05) is 32.2 Å². The van der Waals surface area contributed by atoms with Crippen LogP contribution in [-0.4, -0.2) is 29.8 Å². The fraction of sp³-hybridized carbons (Fsp3) is 0.391. The molecular formula is C23H28FN3O2. The molecule has 29 heavy (non-hydrogen) atoms. The molecule has 0 spiro atoms. The van der Waals surface area contributed by atoms with Crippen molar-refractivity contribution in [2.24, 2.45) is 5.92 Å². The highest BCUT2D eigenvalue weighted by Gasteiger charge is 2.16. The number of amides is 2. The summed E-state index contributed by atoms with van der Waals surface area (Å²) in [6.45, 7) is 7.19. The summed E-state index contributed by atoms with van der Waals surface area (Å²) in [6.07, 6.45) is 2.56. The smallest absolute Gasteiger partial charge is 0.254 e. The molecule has 1 aliphatic heterocycles. The van der Waals surface area contributed by atoms with Gasteiger partial charge in [-0.05, 0) is 54.6 Å². The Labute approximate surface area is 171 Å². The van der Waals surface area contributed by atoms with Crippen LogP contribution in [-0.2, 0) is 17.9 Å². The quantitative estimate of drug-likeness (QED) is 0.776. The molecule has 1 fully saturated rings. The average Bonchev–Trinajstić information content (AvgIpc) is 2.68. The second kappa shape index (κ2) is 9.65. The van der Waals surface area contributed by atoms with Crippen molar-refractivity contribution in [3.05, 3.63) is 65.0 Å². The number of halogens is 1. The van der Waals surface area contributed by atoms with Gasteiger partial charge in [0.05, 0.1) is 5.56 Å². The molecule has 2 N–H and O–H groups in total. The molecule has 1 unspecified atom stereocenters. The van der Waals surface area contributed by atoms with E-state index in [9.17, 15) is 14.0 Å². The van der Waals surface area contributed by atoms with Crippen LogP contribution in [0.2, 0.25) is 0 Å². The van der Waals surface area contributed by atoms with Gasteiger partial charge in [-0.3, -0.25) is 14.5 Å². The van der Waals surface area contributed by atoms with Gasteiger partial charge in [-0.1, -0.05) is 31.2 Å². The van der Waals surface area contributed by atoms with E-state index in [1.165, 1.54) is 43.5 Å². The van der Waals surface area contributed by atoms with Gasteiger partial charge in [-0.25, -0.2) is 4.39 Å². The topological polar surface area (TPSA) is 61.4 Å². The normalized spacial score (nSPS) is 17.0. The van der Waals surface area contributed by atoms with Crippen LogP contribution in [0.3, 0.4) is 0 Å². The first kappa shape index (κ1) is 21.0. The van der Waals surface area contributed by atoms with E-state index in [4.69, 9.17) is 0 Å². The Morgan fingerprint density at radius 2 is 1.86 bits per heavy atom. The van der Waals surface area contributed by atoms with Gasteiger partial charge in [0.15, 0.2) is 0 Å². The lowest BCUT2D eigenvalue weighted by molar-refractivity contribution is -0.114. The molecule has 0 saturated carbocycles. The van der Waals surface area contributed by atoms with E-state index < -0.39 is 11.7 Å². The van der Waals surface area contributed by atoms with Crippen LogP contribution >= 0.6 is 0 Å². The summed E-state index contributed by atoms with van der Waals surface area (Å²) in [5, 5.41) is 5.30. The van der Waals surface area contributed by atoms with E-state index >= 15 is 0 Å². The fourth-order valence-electron chi connectivity index (χ4n) is 3.71. The monoisotopic (exact) mass is 397 g/mol. The Balaban J connectivity index is 1.56. The van der Waals surface area contributed by atoms with Crippen molar-refractivity contribution in [2.45, 2.75) is 39.8 Å². The van der Waals surface area contributed by atoms with Crippen molar-refractivity contribution in [3.63, 3.8) is 0 Å². The molecule has 0 aromatic heterocycles. The van der Waals surface area contributed by atoms with Crippen LogP contribution in [0.25, 0.3) is 0 Å². The second-order valence-corrected chi connectivity index (χ2v) is 7.86. The van der Waals surface area contributed by atoms with Crippen LogP contribution in [0.1, 0.15) is 48.2 Å². The molecule has 1 saturated heterocycles. The second-order valence-electron chi connectivity index (χ2n) is 7.86. The number of carbonyl (C=O) groups excluding carboxylic acids is 2. The standard InChI is InChI=1S/C23H28FN3O2/c1-16-4-3-11-27(14-16)15-19-7-5-18(6-8-19)13-25-23(29)21-12-20(26-17(2)28)9-10-22(21)24/h5-10,12,16H,3-4,11,13-15H2,1-2H3,(H,25,29)(H,26,28). The molecule has 2 amide bonds. The summed E-state index contributed by atoms with van der Waals surface area (Å²) in [6, 6.07) is 12.1. The number of piperidine rings is 1. The van der Waals surface area contributed by atoms with Crippen LogP contribution < -0.4 is 10.6 Å². The van der Waals surface area contributed by atoms with Gasteiger partial charge < -0.3 is 10.6 Å². The van der Waals surface area contributed by atoms with Crippen LogP contribution in [0.5, 0.6) is 0 Å². The number of likely N-dealkylation sites (tertiary alicyclic amines) is 1. The zero-order valence-corrected chi connectivity index (χ0v) is 17.0. The molecule has 0 radical (unpaired) electrons. The number of nitrogens with zero attached hydrogens (tertiary/aromatic N) is 1. The third-order valence-corrected chi connectivity index (χ3v) is 5.15. The molecular weight excluding hydrogens is 369 g/mol. The number of nitrogens with one attached hydrogen (secondary N) is 2. The van der Waals surface area contributed by atoms with E-state index in [1.54, 1.807) is 0 Å². The van der Waals surface area contributed by atoms with E-state index in [0.29, 0.717) is 12.2 Å². The molecule has 0 bridgehead atoms. The lowest BCUT2D eigenvalue weighted by atomic mass is 9.99. The molecule has 154 valence electrons. The molecule has 1 aliphatic rings. The van der Waals surface area contributed by atoms with Crippen molar-refractivity contribution in [2.75, 3.05) is 18.4 Å². The number of rotatable bonds is 6. The van der Waals surface area contributed by atoms with E-state index in [2.05, 4.69) is 34.6 Å². The lowest BCUT2D eigenvalue weighted by Gasteiger charge is -2.30. The Morgan fingerprint density at radius 1 is 1.14 bits per heavy atom. The van der Waals surface area contributed by atoms with Gasteiger partial charge in [-0.15, -0.1) is 0 Å². The van der Waals surface area contributed by atoms with E-state index in [1.807, 2.05) is 12.1 Å². The maximum Gasteiger partial charge on any atom is 0.254 e. The summed E-state index contributed by atoms with van der Waals surface area (Å²) >= 11 is 0. The van der Waals surface area contributed by atoms with Crippen molar-refractivity contribution >= 4 is 17.5 Å². The first-order valence-corrected chi connectivity index (χ1v) is 10.1. The van der Waals surface area contributed by atoms with Gasteiger partial charge in [-0.2, -0.15) is 0 Å². The van der Waals surface area contributed by atoms with E-state index in [-0.39, 0.29) is 11.5 Å². The third kappa shape index (κ3) is 6.12. The van der Waals surface area contributed by atoms with Crippen molar-refractivity contribution in [3.8, 4) is 0 Å². The third-order valence-electron chi connectivity index (χ3n) is 5.15. The summed E-state index contributed by atoms with van der Waals surface area (Å²) in [5.41, 5.74) is 2.50. The first-order chi connectivity index (χ1) is 13.9. The molecule has 2 aromatic carbocycles. The molecule has 6 heteroatoms. The predicted octanol–water partition coefficient (Wildman–Crippen LogP) is 3.95. The van der Waals surface area contributed by atoms with Crippen LogP contribution in [0, 0.1) is 11.7 Å². The SMILES string of the molecule is CC(=O)Nc1ccc(F)c(C(=O)NCc2ccc(CN3CCCC(C)C3)cc2)c1. The van der Waals surface area contributed by atoms with Gasteiger partial charge in [0.25, 0.3) is 5.91 Å². The number of hydrogen-bond donors (Lipinski definition) is 2. The minimum Gasteiger partial charge on any atom is -0.348 e. The van der Waals surface area contributed by atoms with Crippen LogP contribution in [0.4, 0.5) is 10.1 Å². The van der Waals surface area contributed by atoms with Gasteiger partial charge in [0.2, 0.25) is 5.91 Å². The number of benzene rings is 2. The van der Waals surface area contributed by atoms with Gasteiger partial charge in [0.1, 0.15) is 5.82 Å². The van der Waals surface area contributed by atoms with Gasteiger partial charge >= 0.3 is 0 Å². The number of hydrogen-bond acceptors (Lipinski definition) is 3. The summed E-state index contributed by atoms with van der Waals surface area (Å²) in [4.78, 5) is 26.0. The molecule has 3 rings (SSSR count). The average molecular weight is 397 g/mol. The Hall–Kier alpha value is -2.73. The van der Waals surface area contributed by atoms with Crippen molar-refractivity contribution in [1.82, 2.24) is 10.2 Å². The maximum atomic E-state index is 14.0. The highest BCUT2D eigenvalue weighted by Crippen LogP contribution is 2.18. The predicted molar refractivity (Wildman–Crippen MR) is 112 cm³/mol. The fourth-order valence-corrected chi connectivity index (χ4v) is 3.71. The Bertz CT molecular complexity index is 867. The first-order valence-electron chi connectivity index (χ1n) is 10.1. The highest BCUT2D eigenvalue weighted by atomic mass is 19.1. The van der Waals surface area contributed by atoms with Crippen molar-refractivity contribution < 1.29 is 14.0 Å². The highest BCUT2D eigenvalue weighted by molar-refractivity contribution is 5.97. The zero-order valence-electron chi connectivity index (χ0n) is 17.0. The molecule has 0 aliphatic carbocycles. The molecule has 2 aromatic rings. The number of anilines is 1. The summed E-state index contributed by atoms with van der Waals surface area (Å²) in [5.74, 6) is -0.659. The lowest BCUT2D eigenvalue weighted by Crippen LogP contribution is -2.33. The Morgan fingerprint density at radius 3 is 2.55 bits per heavy atom. The minimum atomic E-state index is -0.622. The number of carbonyl (C=O) groups is 2. The summed E-state index contributed by atoms with van der Waals surface area (Å²) < 4.78 is 14.0. The molecule has 1 atom stereocenters. The van der Waals surface area contributed by atoms with Crippen LogP contribution in [0.15, 0.2) is 42.5 Å². The van der Waals surface area contributed by atoms with Crippen molar-refractivity contribution in [1.29, 1.82) is 0 Å².